The number of nitrogens with two attached hydrogens (primary N) is 1. The van der Waals surface area contributed by atoms with E-state index in [1.807, 2.05) is 23.7 Å². The summed E-state index contributed by atoms with van der Waals surface area (Å²) in [6.45, 7) is 0. The average Bonchev–Trinajstić information content (AvgIpc) is 2.39. The van der Waals surface area contributed by atoms with E-state index in [1.165, 1.54) is 0 Å². The average molecular weight is 254 g/mol. The first-order valence-corrected chi connectivity index (χ1v) is 5.79. The number of para-hydroxylation sites is 1. The van der Waals surface area contributed by atoms with Gasteiger partial charge in [0.25, 0.3) is 0 Å². The Kier molecular flexibility index (Phi) is 2.35. The summed E-state index contributed by atoms with van der Waals surface area (Å²) in [6.07, 6.45) is 0. The third-order valence-electron chi connectivity index (χ3n) is 3.20. The minimum absolute atomic E-state index is 0.201. The van der Waals surface area contributed by atoms with Crippen LogP contribution in [0, 0.1) is 0 Å². The first-order chi connectivity index (χ1) is 9.08. The lowest BCUT2D eigenvalue weighted by atomic mass is 10.1. The van der Waals surface area contributed by atoms with Crippen molar-refractivity contribution in [1.29, 1.82) is 0 Å². The molecule has 0 aliphatic carbocycles. The van der Waals surface area contributed by atoms with Crippen LogP contribution in [-0.2, 0) is 7.05 Å². The number of anilines is 1. The number of hydrogen-bond donors (Lipinski definition) is 2. The second-order valence-corrected chi connectivity index (χ2v) is 4.40. The molecule has 0 unspecified atom stereocenters. The summed E-state index contributed by atoms with van der Waals surface area (Å²) in [5.41, 5.74) is 9.47. The highest BCUT2D eigenvalue weighted by Gasteiger charge is 2.18. The van der Waals surface area contributed by atoms with Gasteiger partial charge >= 0.3 is 5.97 Å². The number of rotatable bonds is 1. The molecule has 3 rings (SSSR count). The maximum absolute atomic E-state index is 11.2. The lowest BCUT2D eigenvalue weighted by Gasteiger charge is -2.04. The number of hydrogen-bond acceptors (Lipinski definition) is 3. The summed E-state index contributed by atoms with van der Waals surface area (Å²) < 4.78 is 1.90. The van der Waals surface area contributed by atoms with Crippen molar-refractivity contribution in [3.63, 3.8) is 0 Å². The summed E-state index contributed by atoms with van der Waals surface area (Å²) in [4.78, 5) is 15.7. The lowest BCUT2D eigenvalue weighted by Crippen LogP contribution is -2.31. The Hall–Kier alpha value is -2.69. The van der Waals surface area contributed by atoms with E-state index in [2.05, 4.69) is 4.98 Å². The smallest absolute Gasteiger partial charge is 0.338 e. The molecule has 2 aromatic carbocycles. The van der Waals surface area contributed by atoms with Crippen LogP contribution in [0.1, 0.15) is 10.4 Å². The third kappa shape index (κ3) is 1.67. The molecule has 1 aromatic heterocycles. The number of aromatic carboxylic acids is 1. The number of carboxylic acid groups (broad SMARTS) is 1. The van der Waals surface area contributed by atoms with Crippen molar-refractivity contribution in [3.8, 4) is 0 Å². The summed E-state index contributed by atoms with van der Waals surface area (Å²) in [5.74, 6) is -0.979. The summed E-state index contributed by atoms with van der Waals surface area (Å²) in [5, 5.41) is 9.22. The van der Waals surface area contributed by atoms with Gasteiger partial charge in [-0.2, -0.15) is 4.57 Å². The molecule has 94 valence electrons. The topological polar surface area (TPSA) is 80.1 Å². The highest BCUT2D eigenvalue weighted by Crippen LogP contribution is 2.19. The van der Waals surface area contributed by atoms with E-state index < -0.39 is 5.97 Å². The quantitative estimate of drug-likeness (QED) is 0.392. The Balaban J connectivity index is 2.53. The second kappa shape index (κ2) is 3.91. The Morgan fingerprint density at radius 1 is 1.26 bits per heavy atom. The fraction of sp³-hybridized carbons (Fsp3) is 0.0714. The molecule has 0 spiro atoms. The van der Waals surface area contributed by atoms with Crippen LogP contribution in [0.2, 0.25) is 0 Å². The van der Waals surface area contributed by atoms with Gasteiger partial charge in [0.2, 0.25) is 11.0 Å². The fourth-order valence-corrected chi connectivity index (χ4v) is 2.25. The molecule has 0 radical (unpaired) electrons. The largest absolute Gasteiger partial charge is 0.478 e. The molecule has 0 amide bonds. The molecular weight excluding hydrogens is 242 g/mol. The molecule has 1 heterocycles. The Morgan fingerprint density at radius 3 is 2.79 bits per heavy atom. The summed E-state index contributed by atoms with van der Waals surface area (Å²) >= 11 is 0. The van der Waals surface area contributed by atoms with Crippen molar-refractivity contribution in [1.82, 2.24) is 4.98 Å². The molecule has 0 saturated heterocycles. The van der Waals surface area contributed by atoms with E-state index in [1.54, 1.807) is 24.3 Å². The molecule has 0 atom stereocenters. The molecule has 0 fully saturated rings. The van der Waals surface area contributed by atoms with Crippen LogP contribution in [0.5, 0.6) is 0 Å². The van der Waals surface area contributed by atoms with Gasteiger partial charge in [0, 0.05) is 17.8 Å². The van der Waals surface area contributed by atoms with E-state index in [0.717, 1.165) is 16.6 Å². The fourth-order valence-electron chi connectivity index (χ4n) is 2.25. The van der Waals surface area contributed by atoms with Gasteiger partial charge in [-0.3, -0.25) is 0 Å². The molecule has 0 aliphatic rings. The van der Waals surface area contributed by atoms with Gasteiger partial charge < -0.3 is 10.8 Å². The summed E-state index contributed by atoms with van der Waals surface area (Å²) in [7, 11) is 1.87. The lowest BCUT2D eigenvalue weighted by molar-refractivity contribution is -0.617. The van der Waals surface area contributed by atoms with Crippen LogP contribution in [0.3, 0.4) is 0 Å². The number of benzene rings is 2. The van der Waals surface area contributed by atoms with Crippen LogP contribution in [-0.4, -0.2) is 16.1 Å². The van der Waals surface area contributed by atoms with Crippen LogP contribution in [0.4, 0.5) is 5.69 Å². The van der Waals surface area contributed by atoms with Crippen molar-refractivity contribution in [2.75, 3.05) is 5.73 Å². The first kappa shape index (κ1) is 11.4. The molecule has 5 heteroatoms. The number of carbonyl (C=O) groups is 1. The number of aromatic nitrogens is 2. The van der Waals surface area contributed by atoms with Crippen molar-refractivity contribution < 1.29 is 14.5 Å². The Bertz CT molecular complexity index is 828. The van der Waals surface area contributed by atoms with E-state index >= 15 is 0 Å². The Morgan fingerprint density at radius 2 is 2.05 bits per heavy atom. The number of aryl methyl sites for hydroxylation is 1. The van der Waals surface area contributed by atoms with Crippen LogP contribution in [0.25, 0.3) is 22.1 Å². The first-order valence-electron chi connectivity index (χ1n) is 5.79. The maximum Gasteiger partial charge on any atom is 0.338 e. The van der Waals surface area contributed by atoms with Gasteiger partial charge in [0.05, 0.1) is 5.56 Å². The molecule has 3 aromatic rings. The van der Waals surface area contributed by atoms with E-state index in [4.69, 9.17) is 5.73 Å². The van der Waals surface area contributed by atoms with Crippen molar-refractivity contribution in [3.05, 3.63) is 42.0 Å². The normalized spacial score (nSPS) is 11.0. The van der Waals surface area contributed by atoms with E-state index in [9.17, 15) is 9.90 Å². The van der Waals surface area contributed by atoms with Crippen LogP contribution >= 0.6 is 0 Å². The minimum atomic E-state index is -0.979. The van der Waals surface area contributed by atoms with Gasteiger partial charge in [-0.1, -0.05) is 6.07 Å². The minimum Gasteiger partial charge on any atom is -0.478 e. The highest BCUT2D eigenvalue weighted by atomic mass is 16.4. The van der Waals surface area contributed by atoms with E-state index in [0.29, 0.717) is 11.2 Å². The maximum atomic E-state index is 11.2. The Labute approximate surface area is 108 Å². The highest BCUT2D eigenvalue weighted by molar-refractivity contribution is 6.01. The molecule has 0 aliphatic heterocycles. The number of fused-ring (bicyclic) bond motifs is 2. The predicted octanol–water partition coefficient (Wildman–Crippen LogP) is 1.49. The molecular formula is C14H12N3O2+. The van der Waals surface area contributed by atoms with Gasteiger partial charge in [0.15, 0.2) is 0 Å². The zero-order valence-corrected chi connectivity index (χ0v) is 10.3. The van der Waals surface area contributed by atoms with Gasteiger partial charge in [-0.25, -0.2) is 9.78 Å². The van der Waals surface area contributed by atoms with E-state index in [-0.39, 0.29) is 5.56 Å². The molecule has 19 heavy (non-hydrogen) atoms. The number of nitrogen functional groups attached to an aromatic ring is 1. The van der Waals surface area contributed by atoms with Crippen molar-refractivity contribution in [2.45, 2.75) is 0 Å². The molecule has 0 bridgehead atoms. The zero-order chi connectivity index (χ0) is 13.6. The molecule has 5 nitrogen and oxygen atoms in total. The van der Waals surface area contributed by atoms with Gasteiger partial charge in [-0.05, 0) is 18.2 Å². The second-order valence-electron chi connectivity index (χ2n) is 4.40. The number of carboxylic acids is 1. The monoisotopic (exact) mass is 254 g/mol. The summed E-state index contributed by atoms with van der Waals surface area (Å²) in [6, 6.07) is 10.5. The zero-order valence-electron chi connectivity index (χ0n) is 10.3. The third-order valence-corrected chi connectivity index (χ3v) is 3.20. The van der Waals surface area contributed by atoms with Gasteiger partial charge in [-0.15, -0.1) is 0 Å². The van der Waals surface area contributed by atoms with Crippen molar-refractivity contribution >= 4 is 33.7 Å². The molecule has 0 saturated carbocycles. The molecule has 3 N–H and O–H groups in total. The van der Waals surface area contributed by atoms with Gasteiger partial charge in [0.1, 0.15) is 18.1 Å². The SMILES string of the molecule is C[n+]1c2cc(N)ccc2nc2c(C(=O)O)cccc21. The van der Waals surface area contributed by atoms with Crippen LogP contribution < -0.4 is 10.3 Å². The number of nitrogens with zero attached hydrogens (tertiary/aromatic N) is 2. The predicted molar refractivity (Wildman–Crippen MR) is 71.8 cm³/mol. The van der Waals surface area contributed by atoms with Crippen molar-refractivity contribution in [2.24, 2.45) is 7.05 Å². The standard InChI is InChI=1S/C14H11N3O2/c1-17-11-4-2-3-9(14(18)19)13(11)16-10-6-5-8(15)7-12(10)17/h2-7,15H,1H3,(H,18,19)/p+1. The van der Waals surface area contributed by atoms with Crippen LogP contribution in [0.15, 0.2) is 36.4 Å².